The van der Waals surface area contributed by atoms with Crippen LogP contribution in [0.1, 0.15) is 50.2 Å². The molecule has 4 aromatic rings. The Morgan fingerprint density at radius 1 is 0.643 bits per heavy atom. The second kappa shape index (κ2) is 11.6. The van der Waals surface area contributed by atoms with Gasteiger partial charge in [0.25, 0.3) is 11.8 Å². The number of piperazine rings is 2. The Labute approximate surface area is 245 Å². The van der Waals surface area contributed by atoms with Crippen LogP contribution >= 0.6 is 0 Å². The Bertz CT molecular complexity index is 1450. The third-order valence-corrected chi connectivity index (χ3v) is 8.60. The van der Waals surface area contributed by atoms with Crippen molar-refractivity contribution in [2.24, 2.45) is 0 Å². The fourth-order valence-corrected chi connectivity index (χ4v) is 5.97. The van der Waals surface area contributed by atoms with E-state index in [9.17, 15) is 4.79 Å². The number of likely N-dealkylation sites (N-methyl/N-ethyl adjacent to an activating group) is 2. The number of H-pyrrole nitrogens is 2. The molecule has 0 radical (unpaired) electrons. The summed E-state index contributed by atoms with van der Waals surface area (Å²) in [5.74, 6) is 1.84. The summed E-state index contributed by atoms with van der Waals surface area (Å²) in [6.07, 6.45) is 0. The van der Waals surface area contributed by atoms with Gasteiger partial charge in [-0.2, -0.15) is 0 Å². The minimum Gasteiger partial charge on any atom is -0.418 e. The number of hydrogen-bond donors (Lipinski definition) is 2. The number of carbonyl (C=O) groups excluding carboxylic acids is 1. The van der Waals surface area contributed by atoms with E-state index in [0.717, 1.165) is 74.9 Å². The van der Waals surface area contributed by atoms with E-state index in [2.05, 4.69) is 64.1 Å². The van der Waals surface area contributed by atoms with Crippen LogP contribution in [0.4, 0.5) is 0 Å². The molecule has 0 atom stereocenters. The van der Waals surface area contributed by atoms with Gasteiger partial charge in [0.1, 0.15) is 11.4 Å². The van der Waals surface area contributed by atoms with Crippen molar-refractivity contribution in [3.8, 4) is 23.2 Å². The number of rotatable bonds is 8. The molecule has 0 bridgehead atoms. The molecule has 2 fully saturated rings. The summed E-state index contributed by atoms with van der Waals surface area (Å²) in [5, 5.41) is 17.2. The minimum absolute atomic E-state index is 0.0839. The van der Waals surface area contributed by atoms with E-state index >= 15 is 0 Å². The predicted octanol–water partition coefficient (Wildman–Crippen LogP) is 2.40. The van der Waals surface area contributed by atoms with Crippen LogP contribution in [0.15, 0.2) is 8.83 Å². The van der Waals surface area contributed by atoms with E-state index in [1.54, 1.807) is 0 Å². The Kier molecular flexibility index (Phi) is 7.83. The van der Waals surface area contributed by atoms with Crippen LogP contribution in [-0.2, 0) is 13.1 Å². The van der Waals surface area contributed by atoms with Gasteiger partial charge in [-0.25, -0.2) is 0 Å². The molecule has 0 unspecified atom stereocenters. The number of aromatic nitrogens is 6. The highest BCUT2D eigenvalue weighted by Crippen LogP contribution is 2.33. The molecule has 4 aromatic heterocycles. The molecule has 224 valence electrons. The van der Waals surface area contributed by atoms with E-state index in [0.29, 0.717) is 59.2 Å². The lowest BCUT2D eigenvalue weighted by Gasteiger charge is -2.31. The van der Waals surface area contributed by atoms with Crippen LogP contribution in [0.5, 0.6) is 0 Å². The highest BCUT2D eigenvalue weighted by atomic mass is 16.4. The number of ketones is 1. The van der Waals surface area contributed by atoms with Crippen molar-refractivity contribution in [2.45, 2.75) is 40.8 Å². The quantitative estimate of drug-likeness (QED) is 0.299. The maximum absolute atomic E-state index is 14.0. The van der Waals surface area contributed by atoms with Crippen LogP contribution in [0.2, 0.25) is 0 Å². The Hall–Kier alpha value is -3.65. The van der Waals surface area contributed by atoms with Gasteiger partial charge < -0.3 is 28.6 Å². The molecule has 0 spiro atoms. The van der Waals surface area contributed by atoms with Crippen LogP contribution in [0.25, 0.3) is 23.2 Å². The minimum atomic E-state index is -0.0839. The molecule has 6 heterocycles. The molecule has 6 rings (SSSR count). The summed E-state index contributed by atoms with van der Waals surface area (Å²) >= 11 is 0. The molecule has 0 aliphatic carbocycles. The van der Waals surface area contributed by atoms with Crippen molar-refractivity contribution >= 4 is 5.78 Å². The fourth-order valence-electron chi connectivity index (χ4n) is 5.97. The van der Waals surface area contributed by atoms with Gasteiger partial charge in [0.2, 0.25) is 11.8 Å². The van der Waals surface area contributed by atoms with Gasteiger partial charge in [0, 0.05) is 74.9 Å². The average molecular weight is 577 g/mol. The largest absolute Gasteiger partial charge is 0.418 e. The molecule has 0 aromatic carbocycles. The number of aromatic amines is 2. The molecule has 42 heavy (non-hydrogen) atoms. The molecule has 2 saturated heterocycles. The Morgan fingerprint density at radius 2 is 1.02 bits per heavy atom. The summed E-state index contributed by atoms with van der Waals surface area (Å²) in [6, 6.07) is 0. The number of nitrogens with zero attached hydrogens (tertiary/aromatic N) is 8. The smallest absolute Gasteiger partial charge is 0.264 e. The summed E-state index contributed by atoms with van der Waals surface area (Å²) in [7, 11) is 4.26. The van der Waals surface area contributed by atoms with Gasteiger partial charge in [0.15, 0.2) is 5.78 Å². The van der Waals surface area contributed by atoms with Crippen molar-refractivity contribution in [1.82, 2.24) is 50.0 Å². The van der Waals surface area contributed by atoms with E-state index in [4.69, 9.17) is 8.83 Å². The first-order valence-corrected chi connectivity index (χ1v) is 14.6. The third-order valence-electron chi connectivity index (χ3n) is 8.60. The number of nitrogens with one attached hydrogen (secondary N) is 2. The van der Waals surface area contributed by atoms with Gasteiger partial charge in [-0.05, 0) is 52.9 Å². The standard InChI is InChI=1S/C29H40N10O3/c1-17-23(19(3)30-25(17)28-34-32-21(41-28)15-38-11-7-36(5)8-12-38)27(40)24-18(2)26(31-20(24)4)29-35-33-22(42-29)16-39-13-9-37(6)10-14-39/h30-31H,7-16H2,1-6H3. The second-order valence-electron chi connectivity index (χ2n) is 11.7. The summed E-state index contributed by atoms with van der Waals surface area (Å²) in [5.41, 5.74) is 5.60. The SMILES string of the molecule is Cc1[nH]c(-c2nnc(CN3CCN(C)CC3)o2)c(C)c1C(=O)c1c(C)[nH]c(-c2nnc(CN3CCN(C)CC3)o2)c1C. The number of aryl methyl sites for hydroxylation is 2. The predicted molar refractivity (Wildman–Crippen MR) is 156 cm³/mol. The summed E-state index contributed by atoms with van der Waals surface area (Å²) < 4.78 is 12.1. The third kappa shape index (κ3) is 5.56. The molecule has 0 saturated carbocycles. The molecule has 2 aliphatic rings. The van der Waals surface area contributed by atoms with Gasteiger partial charge in [-0.15, -0.1) is 20.4 Å². The highest BCUT2D eigenvalue weighted by Gasteiger charge is 2.29. The summed E-state index contributed by atoms with van der Waals surface area (Å²) in [6.45, 7) is 16.8. The summed E-state index contributed by atoms with van der Waals surface area (Å²) in [4.78, 5) is 29.9. The topological polar surface area (TPSA) is 139 Å². The Balaban J connectivity index is 1.20. The van der Waals surface area contributed by atoms with Crippen LogP contribution < -0.4 is 0 Å². The lowest BCUT2D eigenvalue weighted by molar-refractivity contribution is 0.103. The fraction of sp³-hybridized carbons (Fsp3) is 0.552. The van der Waals surface area contributed by atoms with Gasteiger partial charge in [-0.3, -0.25) is 14.6 Å². The van der Waals surface area contributed by atoms with Crippen molar-refractivity contribution in [1.29, 1.82) is 0 Å². The second-order valence-corrected chi connectivity index (χ2v) is 11.7. The van der Waals surface area contributed by atoms with E-state index < -0.39 is 0 Å². The Morgan fingerprint density at radius 3 is 1.40 bits per heavy atom. The first kappa shape index (κ1) is 28.5. The molecule has 2 N–H and O–H groups in total. The molecule has 13 heteroatoms. The van der Waals surface area contributed by atoms with Crippen LogP contribution in [0, 0.1) is 27.7 Å². The van der Waals surface area contributed by atoms with E-state index in [-0.39, 0.29) is 5.78 Å². The maximum atomic E-state index is 14.0. The van der Waals surface area contributed by atoms with Crippen molar-refractivity contribution in [2.75, 3.05) is 66.5 Å². The monoisotopic (exact) mass is 576 g/mol. The maximum Gasteiger partial charge on any atom is 0.264 e. The van der Waals surface area contributed by atoms with Gasteiger partial charge in [0.05, 0.1) is 13.1 Å². The number of carbonyl (C=O) groups is 1. The van der Waals surface area contributed by atoms with Crippen molar-refractivity contribution < 1.29 is 13.6 Å². The normalized spacial score (nSPS) is 17.9. The molecule has 0 amide bonds. The van der Waals surface area contributed by atoms with E-state index in [1.165, 1.54) is 0 Å². The first-order chi connectivity index (χ1) is 20.2. The van der Waals surface area contributed by atoms with Crippen molar-refractivity contribution in [3.63, 3.8) is 0 Å². The zero-order chi connectivity index (χ0) is 29.5. The molecule has 13 nitrogen and oxygen atoms in total. The molecular weight excluding hydrogens is 536 g/mol. The highest BCUT2D eigenvalue weighted by molar-refractivity contribution is 6.13. The lowest BCUT2D eigenvalue weighted by atomic mass is 9.96. The first-order valence-electron chi connectivity index (χ1n) is 14.6. The van der Waals surface area contributed by atoms with Crippen LogP contribution in [0.3, 0.4) is 0 Å². The molecular formula is C29H40N10O3. The lowest BCUT2D eigenvalue weighted by Crippen LogP contribution is -2.43. The zero-order valence-electron chi connectivity index (χ0n) is 25.4. The average Bonchev–Trinajstić information content (AvgIpc) is 3.73. The van der Waals surface area contributed by atoms with E-state index in [1.807, 2.05) is 27.7 Å². The van der Waals surface area contributed by atoms with Gasteiger partial charge >= 0.3 is 0 Å². The molecule has 2 aliphatic heterocycles. The number of hydrogen-bond acceptors (Lipinski definition) is 11. The van der Waals surface area contributed by atoms with Gasteiger partial charge in [-0.1, -0.05) is 0 Å². The van der Waals surface area contributed by atoms with Crippen molar-refractivity contribution in [3.05, 3.63) is 45.4 Å². The van der Waals surface area contributed by atoms with Crippen LogP contribution in [-0.4, -0.2) is 122 Å². The zero-order valence-corrected chi connectivity index (χ0v) is 25.4.